The van der Waals surface area contributed by atoms with Crippen LogP contribution in [-0.2, 0) is 35.1 Å². The average molecular weight is 538 g/mol. The highest BCUT2D eigenvalue weighted by Gasteiger charge is 2.20. The lowest BCUT2D eigenvalue weighted by atomic mass is 10.1. The van der Waals surface area contributed by atoms with Crippen LogP contribution in [0.15, 0.2) is 30.3 Å². The number of halogens is 3. The Morgan fingerprint density at radius 2 is 1.48 bits per heavy atom. The summed E-state index contributed by atoms with van der Waals surface area (Å²) in [7, 11) is 2.57. The third-order valence-corrected chi connectivity index (χ3v) is 5.36. The van der Waals surface area contributed by atoms with Crippen molar-refractivity contribution in [2.24, 2.45) is 11.8 Å². The zero-order valence-corrected chi connectivity index (χ0v) is 21.0. The van der Waals surface area contributed by atoms with Crippen molar-refractivity contribution in [1.82, 2.24) is 4.90 Å². The molecule has 10 heteroatoms. The summed E-state index contributed by atoms with van der Waals surface area (Å²) in [5.41, 5.74) is 1.01. The van der Waals surface area contributed by atoms with Gasteiger partial charge in [-0.1, -0.05) is 46.3 Å². The number of hydrogen-bond donors (Lipinski definition) is 0. The predicted molar refractivity (Wildman–Crippen MR) is 124 cm³/mol. The first-order valence-electron chi connectivity index (χ1n) is 10.6. The van der Waals surface area contributed by atoms with Crippen molar-refractivity contribution in [1.29, 1.82) is 0 Å². The van der Waals surface area contributed by atoms with Gasteiger partial charge in [0, 0.05) is 30.3 Å². The number of carbonyl (C=O) groups is 3. The van der Waals surface area contributed by atoms with E-state index in [4.69, 9.17) is 4.74 Å². The molecule has 0 saturated carbocycles. The largest absolute Gasteiger partial charge is 0.469 e. The molecule has 0 radical (unpaired) electrons. The molecule has 0 spiro atoms. The quantitative estimate of drug-likeness (QED) is 0.203. The van der Waals surface area contributed by atoms with Crippen LogP contribution in [0, 0.1) is 11.8 Å². The van der Waals surface area contributed by atoms with E-state index >= 15 is 0 Å². The lowest BCUT2D eigenvalue weighted by molar-refractivity contribution is -0.145. The molecule has 1 rings (SSSR count). The van der Waals surface area contributed by atoms with E-state index < -0.39 is 25.2 Å². The van der Waals surface area contributed by atoms with Gasteiger partial charge in [0.25, 0.3) is 0 Å². The summed E-state index contributed by atoms with van der Waals surface area (Å²) < 4.78 is 39.0. The predicted octanol–water partition coefficient (Wildman–Crippen LogP) is 3.73. The van der Waals surface area contributed by atoms with Gasteiger partial charge in [-0.15, -0.1) is 0 Å². The highest BCUT2D eigenvalue weighted by Crippen LogP contribution is 2.12. The Morgan fingerprint density at radius 3 is 1.94 bits per heavy atom. The number of hydrogen-bond acceptors (Lipinski definition) is 7. The number of benzene rings is 1. The molecule has 1 aromatic rings. The summed E-state index contributed by atoms with van der Waals surface area (Å²) in [5.74, 6) is -1.93. The van der Waals surface area contributed by atoms with Gasteiger partial charge in [0.15, 0.2) is 0 Å². The maximum atomic E-state index is 13.2. The van der Waals surface area contributed by atoms with E-state index in [-0.39, 0.29) is 43.8 Å². The fourth-order valence-electron chi connectivity index (χ4n) is 2.74. The zero-order valence-electron chi connectivity index (χ0n) is 19.4. The molecule has 2 atom stereocenters. The number of methoxy groups -OCH3 is 2. The van der Waals surface area contributed by atoms with E-state index in [1.165, 1.54) is 14.2 Å². The van der Waals surface area contributed by atoms with E-state index in [2.05, 4.69) is 25.4 Å². The van der Waals surface area contributed by atoms with E-state index in [1.807, 2.05) is 30.3 Å². The first-order chi connectivity index (χ1) is 15.8. The molecule has 0 saturated heterocycles. The molecular formula is C23H34BrF2NO6. The summed E-state index contributed by atoms with van der Waals surface area (Å²) >= 11 is 3.09. The Balaban J connectivity index is 0.000000861. The van der Waals surface area contributed by atoms with E-state index in [9.17, 15) is 23.2 Å². The molecule has 0 aliphatic rings. The van der Waals surface area contributed by atoms with Crippen LogP contribution in [-0.4, -0.2) is 75.4 Å². The minimum Gasteiger partial charge on any atom is -0.469 e. The Morgan fingerprint density at radius 1 is 0.939 bits per heavy atom. The van der Waals surface area contributed by atoms with Crippen molar-refractivity contribution < 1.29 is 37.4 Å². The van der Waals surface area contributed by atoms with Crippen LogP contribution >= 0.6 is 15.9 Å². The third-order valence-electron chi connectivity index (χ3n) is 4.44. The number of nitrogens with zero attached hydrogens (tertiary/aromatic N) is 1. The number of rotatable bonds is 14. The molecule has 0 unspecified atom stereocenters. The Kier molecular flexibility index (Phi) is 18.2. The molecule has 0 aliphatic carbocycles. The highest BCUT2D eigenvalue weighted by atomic mass is 79.9. The molecule has 0 amide bonds. The van der Waals surface area contributed by atoms with Crippen molar-refractivity contribution in [3.63, 3.8) is 0 Å². The second-order valence-electron chi connectivity index (χ2n) is 7.22. The van der Waals surface area contributed by atoms with Gasteiger partial charge in [-0.05, 0) is 12.5 Å². The second-order valence-corrected chi connectivity index (χ2v) is 7.86. The molecule has 0 aromatic heterocycles. The molecule has 0 N–H and O–H groups in total. The SMILES string of the molecule is CCOC(=O)CN(Cc1ccccc1)C[C@@H](CF)CC(=O)OC.COC(=O)C[C@H](CF)CBr. The van der Waals surface area contributed by atoms with Crippen LogP contribution in [0.4, 0.5) is 8.78 Å². The van der Waals surface area contributed by atoms with Gasteiger partial charge in [0.05, 0.1) is 53.6 Å². The van der Waals surface area contributed by atoms with Gasteiger partial charge in [0.2, 0.25) is 0 Å². The normalized spacial score (nSPS) is 12.2. The van der Waals surface area contributed by atoms with Crippen LogP contribution in [0.2, 0.25) is 0 Å². The number of alkyl halides is 3. The first kappa shape index (κ1) is 30.9. The van der Waals surface area contributed by atoms with Crippen LogP contribution in [0.1, 0.15) is 25.3 Å². The van der Waals surface area contributed by atoms with E-state index in [0.717, 1.165) is 5.56 Å². The second kappa shape index (κ2) is 19.4. The van der Waals surface area contributed by atoms with Gasteiger partial charge in [-0.3, -0.25) is 28.1 Å². The molecule has 33 heavy (non-hydrogen) atoms. The Hall–Kier alpha value is -2.07. The van der Waals surface area contributed by atoms with Crippen LogP contribution in [0.5, 0.6) is 0 Å². The van der Waals surface area contributed by atoms with Crippen molar-refractivity contribution in [2.45, 2.75) is 26.3 Å². The smallest absolute Gasteiger partial charge is 0.320 e. The summed E-state index contributed by atoms with van der Waals surface area (Å²) in [6.07, 6.45) is 0.138. The summed E-state index contributed by atoms with van der Waals surface area (Å²) in [6, 6.07) is 9.57. The molecular weight excluding hydrogens is 504 g/mol. The standard InChI is InChI=1S/C17H24FNO4.C6H10BrFO2/c1-3-23-17(21)13-19(11-14-7-5-4-6-8-14)12-15(10-18)9-16(20)22-2;1-10-6(9)2-5(3-7)4-8/h4-8,15H,3,9-13H2,1-2H3;5H,2-4H2,1H3/t15-;5-/m10/s1. The first-order valence-corrected chi connectivity index (χ1v) is 11.7. The molecule has 0 bridgehead atoms. The van der Waals surface area contributed by atoms with Gasteiger partial charge >= 0.3 is 17.9 Å². The summed E-state index contributed by atoms with van der Waals surface area (Å²) in [6.45, 7) is 1.72. The number of esters is 3. The summed E-state index contributed by atoms with van der Waals surface area (Å²) in [5, 5.41) is 0.499. The fourth-order valence-corrected chi connectivity index (χ4v) is 3.14. The maximum absolute atomic E-state index is 13.2. The van der Waals surface area contributed by atoms with Gasteiger partial charge in [0.1, 0.15) is 0 Å². The van der Waals surface area contributed by atoms with Crippen molar-refractivity contribution in [3.8, 4) is 0 Å². The van der Waals surface area contributed by atoms with Crippen LogP contribution < -0.4 is 0 Å². The van der Waals surface area contributed by atoms with E-state index in [1.54, 1.807) is 11.8 Å². The van der Waals surface area contributed by atoms with Gasteiger partial charge in [-0.2, -0.15) is 0 Å². The average Bonchev–Trinajstić information content (AvgIpc) is 2.82. The molecule has 0 heterocycles. The minimum atomic E-state index is -0.650. The number of ether oxygens (including phenoxy) is 3. The van der Waals surface area contributed by atoms with Gasteiger partial charge < -0.3 is 14.2 Å². The zero-order chi connectivity index (χ0) is 25.1. The van der Waals surface area contributed by atoms with Gasteiger partial charge in [-0.25, -0.2) is 0 Å². The van der Waals surface area contributed by atoms with Crippen LogP contribution in [0.3, 0.4) is 0 Å². The number of carbonyl (C=O) groups excluding carboxylic acids is 3. The Bertz CT molecular complexity index is 676. The summed E-state index contributed by atoms with van der Waals surface area (Å²) in [4.78, 5) is 35.4. The molecule has 0 aliphatic heterocycles. The molecule has 7 nitrogen and oxygen atoms in total. The molecule has 0 fully saturated rings. The van der Waals surface area contributed by atoms with E-state index in [0.29, 0.717) is 18.5 Å². The highest BCUT2D eigenvalue weighted by molar-refractivity contribution is 9.09. The van der Waals surface area contributed by atoms with Crippen molar-refractivity contribution in [3.05, 3.63) is 35.9 Å². The Labute approximate surface area is 202 Å². The lowest BCUT2D eigenvalue weighted by Crippen LogP contribution is -2.36. The topological polar surface area (TPSA) is 82.1 Å². The fraction of sp³-hybridized carbons (Fsp3) is 0.609. The molecule has 1 aromatic carbocycles. The van der Waals surface area contributed by atoms with Crippen LogP contribution in [0.25, 0.3) is 0 Å². The minimum absolute atomic E-state index is 0.0128. The van der Waals surface area contributed by atoms with Crippen molar-refractivity contribution >= 4 is 33.8 Å². The maximum Gasteiger partial charge on any atom is 0.320 e. The monoisotopic (exact) mass is 537 g/mol. The molecule has 188 valence electrons. The third kappa shape index (κ3) is 15.4. The van der Waals surface area contributed by atoms with Crippen molar-refractivity contribution in [2.75, 3.05) is 52.6 Å². The lowest BCUT2D eigenvalue weighted by Gasteiger charge is -2.25.